The summed E-state index contributed by atoms with van der Waals surface area (Å²) in [6, 6.07) is 5.35. The van der Waals surface area contributed by atoms with Crippen molar-refractivity contribution in [1.29, 1.82) is 0 Å². The summed E-state index contributed by atoms with van der Waals surface area (Å²) in [5.74, 6) is -0.468. The second-order valence-electron chi connectivity index (χ2n) is 5.19. The van der Waals surface area contributed by atoms with E-state index in [1.54, 1.807) is 24.1 Å². The quantitative estimate of drug-likeness (QED) is 0.914. The van der Waals surface area contributed by atoms with Crippen LogP contribution in [-0.2, 0) is 4.79 Å². The van der Waals surface area contributed by atoms with E-state index in [0.29, 0.717) is 5.56 Å². The third-order valence-corrected chi connectivity index (χ3v) is 3.80. The number of hydrogen-bond donors (Lipinski definition) is 1. The highest BCUT2D eigenvalue weighted by Crippen LogP contribution is 2.28. The number of benzene rings is 1. The number of anilines is 2. The van der Waals surface area contributed by atoms with Crippen molar-refractivity contribution >= 4 is 23.2 Å². The minimum Gasteiger partial charge on any atom is -0.371 e. The van der Waals surface area contributed by atoms with Crippen LogP contribution in [0.5, 0.6) is 0 Å². The SMILES string of the molecule is CC(=O)N(C)c1ccc(C(N)=O)c(N2CCCCC2)c1. The van der Waals surface area contributed by atoms with E-state index in [9.17, 15) is 9.59 Å². The predicted molar refractivity (Wildman–Crippen MR) is 80.1 cm³/mol. The number of carbonyl (C=O) groups excluding carboxylic acids is 2. The average Bonchev–Trinajstić information content (AvgIpc) is 2.46. The highest BCUT2D eigenvalue weighted by Gasteiger charge is 2.19. The second-order valence-corrected chi connectivity index (χ2v) is 5.19. The van der Waals surface area contributed by atoms with Crippen molar-refractivity contribution in [3.05, 3.63) is 23.8 Å². The number of nitrogens with zero attached hydrogens (tertiary/aromatic N) is 2. The van der Waals surface area contributed by atoms with Gasteiger partial charge in [-0.1, -0.05) is 0 Å². The Hall–Kier alpha value is -2.04. The molecular weight excluding hydrogens is 254 g/mol. The van der Waals surface area contributed by atoms with Crippen molar-refractivity contribution in [2.24, 2.45) is 5.73 Å². The van der Waals surface area contributed by atoms with Crippen LogP contribution < -0.4 is 15.5 Å². The van der Waals surface area contributed by atoms with Gasteiger partial charge in [-0.15, -0.1) is 0 Å². The van der Waals surface area contributed by atoms with Gasteiger partial charge in [0.05, 0.1) is 11.3 Å². The first-order chi connectivity index (χ1) is 9.50. The van der Waals surface area contributed by atoms with Crippen LogP contribution in [0.25, 0.3) is 0 Å². The maximum absolute atomic E-state index is 11.6. The first kappa shape index (κ1) is 14.4. The Bertz CT molecular complexity index is 522. The molecule has 0 spiro atoms. The van der Waals surface area contributed by atoms with Crippen molar-refractivity contribution < 1.29 is 9.59 Å². The third kappa shape index (κ3) is 2.92. The summed E-state index contributed by atoms with van der Waals surface area (Å²) in [6.45, 7) is 3.36. The lowest BCUT2D eigenvalue weighted by atomic mass is 10.1. The maximum atomic E-state index is 11.6. The van der Waals surface area contributed by atoms with Crippen LogP contribution in [0.2, 0.25) is 0 Å². The summed E-state index contributed by atoms with van der Waals surface area (Å²) in [7, 11) is 1.72. The molecule has 0 bridgehead atoms. The Morgan fingerprint density at radius 2 is 1.85 bits per heavy atom. The van der Waals surface area contributed by atoms with E-state index < -0.39 is 5.91 Å². The van der Waals surface area contributed by atoms with Gasteiger partial charge in [-0.05, 0) is 37.5 Å². The van der Waals surface area contributed by atoms with Gasteiger partial charge in [-0.2, -0.15) is 0 Å². The zero-order chi connectivity index (χ0) is 14.7. The Labute approximate surface area is 119 Å². The number of nitrogens with two attached hydrogens (primary N) is 1. The number of carbonyl (C=O) groups is 2. The van der Waals surface area contributed by atoms with E-state index >= 15 is 0 Å². The molecule has 2 rings (SSSR count). The molecule has 1 saturated heterocycles. The molecule has 2 N–H and O–H groups in total. The molecule has 108 valence electrons. The minimum atomic E-state index is -0.428. The fourth-order valence-corrected chi connectivity index (χ4v) is 2.52. The number of piperidine rings is 1. The number of primary amides is 1. The lowest BCUT2D eigenvalue weighted by molar-refractivity contribution is -0.116. The van der Waals surface area contributed by atoms with E-state index in [0.717, 1.165) is 37.3 Å². The Kier molecular flexibility index (Phi) is 4.27. The molecule has 20 heavy (non-hydrogen) atoms. The van der Waals surface area contributed by atoms with Crippen LogP contribution in [-0.4, -0.2) is 32.0 Å². The van der Waals surface area contributed by atoms with Crippen molar-refractivity contribution in [3.8, 4) is 0 Å². The van der Waals surface area contributed by atoms with Crippen LogP contribution in [0.15, 0.2) is 18.2 Å². The van der Waals surface area contributed by atoms with Gasteiger partial charge in [0.1, 0.15) is 0 Å². The Morgan fingerprint density at radius 1 is 1.20 bits per heavy atom. The number of amides is 2. The molecule has 0 atom stereocenters. The van der Waals surface area contributed by atoms with Gasteiger partial charge in [0, 0.05) is 32.7 Å². The smallest absolute Gasteiger partial charge is 0.250 e. The fourth-order valence-electron chi connectivity index (χ4n) is 2.52. The lowest BCUT2D eigenvalue weighted by Crippen LogP contribution is -2.32. The molecule has 1 aromatic rings. The zero-order valence-electron chi connectivity index (χ0n) is 12.1. The molecule has 1 fully saturated rings. The molecule has 1 aromatic carbocycles. The van der Waals surface area contributed by atoms with E-state index in [1.165, 1.54) is 13.3 Å². The first-order valence-corrected chi connectivity index (χ1v) is 6.94. The zero-order valence-corrected chi connectivity index (χ0v) is 12.1. The molecule has 1 aliphatic rings. The summed E-state index contributed by atoms with van der Waals surface area (Å²) in [5.41, 5.74) is 7.60. The molecule has 1 aliphatic heterocycles. The molecule has 2 amide bonds. The predicted octanol–water partition coefficient (Wildman–Crippen LogP) is 1.76. The molecule has 1 heterocycles. The summed E-state index contributed by atoms with van der Waals surface area (Å²) in [4.78, 5) is 26.8. The molecule has 5 nitrogen and oxygen atoms in total. The first-order valence-electron chi connectivity index (χ1n) is 6.94. The largest absolute Gasteiger partial charge is 0.371 e. The van der Waals surface area contributed by atoms with Crippen LogP contribution >= 0.6 is 0 Å². The van der Waals surface area contributed by atoms with Gasteiger partial charge in [-0.25, -0.2) is 0 Å². The van der Waals surface area contributed by atoms with Crippen LogP contribution in [0, 0.1) is 0 Å². The molecular formula is C15H21N3O2. The van der Waals surface area contributed by atoms with Gasteiger partial charge in [0.25, 0.3) is 5.91 Å². The van der Waals surface area contributed by atoms with Crippen molar-refractivity contribution in [2.75, 3.05) is 29.9 Å². The average molecular weight is 275 g/mol. The van der Waals surface area contributed by atoms with Gasteiger partial charge in [0.15, 0.2) is 0 Å². The van der Waals surface area contributed by atoms with Crippen molar-refractivity contribution in [2.45, 2.75) is 26.2 Å². The van der Waals surface area contributed by atoms with E-state index in [4.69, 9.17) is 5.73 Å². The standard InChI is InChI=1S/C15H21N3O2/c1-11(19)17(2)12-6-7-13(15(16)20)14(10-12)18-8-4-3-5-9-18/h6-7,10H,3-5,8-9H2,1-2H3,(H2,16,20). The molecule has 0 radical (unpaired) electrons. The molecule has 0 saturated carbocycles. The van der Waals surface area contributed by atoms with E-state index in [2.05, 4.69) is 4.90 Å². The fraction of sp³-hybridized carbons (Fsp3) is 0.467. The van der Waals surface area contributed by atoms with Crippen LogP contribution in [0.3, 0.4) is 0 Å². The maximum Gasteiger partial charge on any atom is 0.250 e. The van der Waals surface area contributed by atoms with E-state index in [1.807, 2.05) is 6.07 Å². The van der Waals surface area contributed by atoms with Gasteiger partial charge in [-0.3, -0.25) is 9.59 Å². The number of rotatable bonds is 3. The minimum absolute atomic E-state index is 0.0404. The van der Waals surface area contributed by atoms with Gasteiger partial charge in [0.2, 0.25) is 5.91 Å². The Morgan fingerprint density at radius 3 is 2.40 bits per heavy atom. The third-order valence-electron chi connectivity index (χ3n) is 3.80. The van der Waals surface area contributed by atoms with Crippen molar-refractivity contribution in [3.63, 3.8) is 0 Å². The topological polar surface area (TPSA) is 66.6 Å². The molecule has 5 heteroatoms. The van der Waals surface area contributed by atoms with Crippen LogP contribution in [0.4, 0.5) is 11.4 Å². The summed E-state index contributed by atoms with van der Waals surface area (Å²) >= 11 is 0. The number of hydrogen-bond acceptors (Lipinski definition) is 3. The highest BCUT2D eigenvalue weighted by atomic mass is 16.2. The summed E-state index contributed by atoms with van der Waals surface area (Å²) < 4.78 is 0. The summed E-state index contributed by atoms with van der Waals surface area (Å²) in [6.07, 6.45) is 3.45. The van der Waals surface area contributed by atoms with Crippen LogP contribution in [0.1, 0.15) is 36.5 Å². The monoisotopic (exact) mass is 275 g/mol. The summed E-state index contributed by atoms with van der Waals surface area (Å²) in [5, 5.41) is 0. The van der Waals surface area contributed by atoms with Gasteiger partial charge >= 0.3 is 0 Å². The molecule has 0 unspecified atom stereocenters. The Balaban J connectivity index is 2.41. The second kappa shape index (κ2) is 5.94. The molecule has 0 aromatic heterocycles. The van der Waals surface area contributed by atoms with Crippen molar-refractivity contribution in [1.82, 2.24) is 0 Å². The van der Waals surface area contributed by atoms with Gasteiger partial charge < -0.3 is 15.5 Å². The van der Waals surface area contributed by atoms with E-state index in [-0.39, 0.29) is 5.91 Å². The lowest BCUT2D eigenvalue weighted by Gasteiger charge is -2.31. The molecule has 0 aliphatic carbocycles. The normalized spacial score (nSPS) is 15.0. The highest BCUT2D eigenvalue weighted by molar-refractivity contribution is 6.00.